The van der Waals surface area contributed by atoms with Crippen LogP contribution in [-0.2, 0) is 31.5 Å². The second-order valence-corrected chi connectivity index (χ2v) is 9.17. The number of nitrogens with one attached hydrogen (secondary N) is 1. The molecule has 0 spiro atoms. The summed E-state index contributed by atoms with van der Waals surface area (Å²) in [5.41, 5.74) is 2.15. The summed E-state index contributed by atoms with van der Waals surface area (Å²) in [6.07, 6.45) is 1.04. The van der Waals surface area contributed by atoms with E-state index in [1.165, 1.54) is 14.2 Å². The van der Waals surface area contributed by atoms with Gasteiger partial charge in [-0.3, -0.25) is 9.13 Å². The minimum absolute atomic E-state index is 0.0296. The summed E-state index contributed by atoms with van der Waals surface area (Å²) >= 11 is 0. The fraction of sp³-hybridized carbons (Fsp3) is 1.00. The first kappa shape index (κ1) is 19.4. The molecule has 0 bridgehead atoms. The predicted octanol–water partition coefficient (Wildman–Crippen LogP) is 3.68. The van der Waals surface area contributed by atoms with Gasteiger partial charge in [0, 0.05) is 18.7 Å². The topological polar surface area (TPSA) is 100 Å². The molecule has 0 amide bonds. The summed E-state index contributed by atoms with van der Waals surface area (Å²) in [6.45, 7) is 3.52. The highest BCUT2D eigenvalue weighted by Gasteiger charge is 2.43. The maximum atomic E-state index is 12.4. The Hall–Kier alpha value is 0.360. The second kappa shape index (κ2) is 9.32. The Labute approximate surface area is 114 Å². The maximum Gasteiger partial charge on any atom is 0.725 e. The highest BCUT2D eigenvalue weighted by molar-refractivity contribution is 7.69. The van der Waals surface area contributed by atoms with Crippen LogP contribution in [0.4, 0.5) is 0 Å². The van der Waals surface area contributed by atoms with Gasteiger partial charge in [-0.15, -0.1) is 0 Å². The molecule has 0 saturated carbocycles. The molecule has 8 nitrogen and oxygen atoms in total. The van der Waals surface area contributed by atoms with Crippen molar-refractivity contribution in [2.45, 2.75) is 26.7 Å². The Bertz CT molecular complexity index is 375. The molecule has 0 saturated heterocycles. The van der Waals surface area contributed by atoms with E-state index in [9.17, 15) is 13.7 Å². The van der Waals surface area contributed by atoms with Crippen LogP contribution in [0.15, 0.2) is 0 Å². The molecule has 11 heteroatoms. The molecule has 0 aliphatic rings. The maximum absolute atomic E-state index is 12.4. The molecule has 0 fully saturated rings. The van der Waals surface area contributed by atoms with Gasteiger partial charge < -0.3 is 4.52 Å². The second-order valence-electron chi connectivity index (χ2n) is 3.53. The fourth-order valence-electron chi connectivity index (χ4n) is 1.19. The molecule has 0 aromatic heterocycles. The number of hydrogen-bond acceptors (Lipinski definition) is 8. The SMILES string of the molecule is CCCP(=O)(OC)OP(=O)(CCC)O[P+](=O)ONC. The largest absolute Gasteiger partial charge is 0.725 e. The molecule has 1 N–H and O–H groups in total. The molecule has 0 radical (unpaired) electrons. The molecule has 0 aliphatic heterocycles. The van der Waals surface area contributed by atoms with E-state index in [4.69, 9.17) is 13.1 Å². The van der Waals surface area contributed by atoms with Crippen LogP contribution < -0.4 is 5.48 Å². The van der Waals surface area contributed by atoms with Crippen molar-refractivity contribution in [3.05, 3.63) is 0 Å². The average Bonchev–Trinajstić information content (AvgIpc) is 2.29. The Morgan fingerprint density at radius 2 is 1.63 bits per heavy atom. The smallest absolute Gasteiger partial charge is 0.312 e. The lowest BCUT2D eigenvalue weighted by Gasteiger charge is -2.18. The third-order valence-electron chi connectivity index (χ3n) is 1.88. The summed E-state index contributed by atoms with van der Waals surface area (Å²) in [7, 11) is -7.42. The lowest BCUT2D eigenvalue weighted by atomic mass is 10.6. The van der Waals surface area contributed by atoms with Crippen LogP contribution in [0.2, 0.25) is 0 Å². The standard InChI is InChI=1S/C8H21NO7P3/c1-5-7-18(11,13-4)16-19(12,8-6-2)15-17(10)14-9-3/h9H,5-8H2,1-4H3/q+1. The third-order valence-corrected chi connectivity index (χ3v) is 8.28. The van der Waals surface area contributed by atoms with Crippen LogP contribution in [-0.4, -0.2) is 26.5 Å². The van der Waals surface area contributed by atoms with Crippen LogP contribution in [0.3, 0.4) is 0 Å². The van der Waals surface area contributed by atoms with E-state index in [0.29, 0.717) is 12.8 Å². The van der Waals surface area contributed by atoms with E-state index < -0.39 is 23.4 Å². The van der Waals surface area contributed by atoms with Crippen molar-refractivity contribution in [3.8, 4) is 0 Å². The normalized spacial score (nSPS) is 18.6. The lowest BCUT2D eigenvalue weighted by molar-refractivity contribution is 0.203. The number of rotatable bonds is 11. The summed E-state index contributed by atoms with van der Waals surface area (Å²) in [5, 5.41) is 0. The zero-order valence-electron chi connectivity index (χ0n) is 11.5. The molecule has 0 heterocycles. The molecule has 19 heavy (non-hydrogen) atoms. The molecular weight excluding hydrogens is 315 g/mol. The molecule has 3 atom stereocenters. The van der Waals surface area contributed by atoms with E-state index in [1.807, 2.05) is 0 Å². The van der Waals surface area contributed by atoms with Crippen LogP contribution in [0, 0.1) is 0 Å². The van der Waals surface area contributed by atoms with Gasteiger partial charge >= 0.3 is 23.4 Å². The Kier molecular flexibility index (Phi) is 9.50. The fourth-order valence-corrected chi connectivity index (χ4v) is 6.72. The highest BCUT2D eigenvalue weighted by Crippen LogP contribution is 2.67. The van der Waals surface area contributed by atoms with Crippen LogP contribution >= 0.6 is 23.4 Å². The minimum atomic E-state index is -3.81. The van der Waals surface area contributed by atoms with Gasteiger partial charge in [0.1, 0.15) is 0 Å². The van der Waals surface area contributed by atoms with E-state index in [-0.39, 0.29) is 12.3 Å². The highest BCUT2D eigenvalue weighted by atomic mass is 31.3. The van der Waals surface area contributed by atoms with E-state index in [1.54, 1.807) is 13.8 Å². The molecule has 0 aromatic carbocycles. The van der Waals surface area contributed by atoms with Crippen LogP contribution in [0.25, 0.3) is 0 Å². The first-order valence-corrected chi connectivity index (χ1v) is 10.4. The molecule has 0 aliphatic carbocycles. The molecule has 0 aromatic rings. The first-order valence-electron chi connectivity index (χ1n) is 5.80. The third kappa shape index (κ3) is 7.64. The van der Waals surface area contributed by atoms with E-state index in [2.05, 4.69) is 10.1 Å². The van der Waals surface area contributed by atoms with Crippen LogP contribution in [0.1, 0.15) is 26.7 Å². The molecule has 3 unspecified atom stereocenters. The predicted molar refractivity (Wildman–Crippen MR) is 72.5 cm³/mol. The van der Waals surface area contributed by atoms with Gasteiger partial charge in [0.25, 0.3) is 0 Å². The lowest BCUT2D eigenvalue weighted by Crippen LogP contribution is -2.03. The summed E-state index contributed by atoms with van der Waals surface area (Å²) in [4.78, 5) is 0. The molecule has 114 valence electrons. The average molecular weight is 336 g/mol. The van der Waals surface area contributed by atoms with Crippen molar-refractivity contribution in [2.75, 3.05) is 26.5 Å². The van der Waals surface area contributed by atoms with Crippen molar-refractivity contribution in [1.29, 1.82) is 0 Å². The summed E-state index contributed by atoms with van der Waals surface area (Å²) in [6, 6.07) is 0. The summed E-state index contributed by atoms with van der Waals surface area (Å²) < 4.78 is 54.9. The van der Waals surface area contributed by atoms with Crippen molar-refractivity contribution < 1.29 is 31.5 Å². The van der Waals surface area contributed by atoms with Gasteiger partial charge in [-0.2, -0.15) is 5.48 Å². The quantitative estimate of drug-likeness (QED) is 0.450. The van der Waals surface area contributed by atoms with Gasteiger partial charge in [-0.25, -0.2) is 4.31 Å². The van der Waals surface area contributed by atoms with Gasteiger partial charge in [-0.05, 0) is 21.8 Å². The van der Waals surface area contributed by atoms with Crippen LogP contribution in [0.5, 0.6) is 0 Å². The van der Waals surface area contributed by atoms with Gasteiger partial charge in [0.05, 0.1) is 12.3 Å². The number of hydroxylamine groups is 1. The van der Waals surface area contributed by atoms with Crippen molar-refractivity contribution >= 4 is 23.4 Å². The molecular formula is C8H21NO7P3+. The zero-order valence-corrected chi connectivity index (χ0v) is 14.2. The Morgan fingerprint density at radius 1 is 1.11 bits per heavy atom. The Morgan fingerprint density at radius 3 is 2.05 bits per heavy atom. The zero-order chi connectivity index (χ0) is 14.9. The first-order chi connectivity index (χ1) is 8.84. The van der Waals surface area contributed by atoms with Gasteiger partial charge in [0.15, 0.2) is 0 Å². The van der Waals surface area contributed by atoms with Crippen molar-refractivity contribution in [1.82, 2.24) is 5.48 Å². The number of hydrogen-bond donors (Lipinski definition) is 1. The van der Waals surface area contributed by atoms with Crippen molar-refractivity contribution in [2.24, 2.45) is 0 Å². The minimum Gasteiger partial charge on any atom is -0.312 e. The monoisotopic (exact) mass is 336 g/mol. The van der Waals surface area contributed by atoms with E-state index in [0.717, 1.165) is 0 Å². The Balaban J connectivity index is 4.92. The van der Waals surface area contributed by atoms with Gasteiger partial charge in [0.2, 0.25) is 0 Å². The van der Waals surface area contributed by atoms with Gasteiger partial charge in [-0.1, -0.05) is 13.8 Å². The molecule has 0 rings (SSSR count). The summed E-state index contributed by atoms with van der Waals surface area (Å²) in [5.74, 6) is 0. The van der Waals surface area contributed by atoms with Crippen molar-refractivity contribution in [3.63, 3.8) is 0 Å². The van der Waals surface area contributed by atoms with E-state index >= 15 is 0 Å².